The normalized spacial score (nSPS) is 23.5. The van der Waals surface area contributed by atoms with Crippen LogP contribution in [0.3, 0.4) is 0 Å². The van der Waals surface area contributed by atoms with Gasteiger partial charge in [0.05, 0.1) is 5.02 Å². The molecular formula is C15H21ClFN. The van der Waals surface area contributed by atoms with Gasteiger partial charge in [-0.15, -0.1) is 0 Å². The first-order valence-electron chi connectivity index (χ1n) is 6.85. The number of halogens is 2. The van der Waals surface area contributed by atoms with E-state index < -0.39 is 0 Å². The highest BCUT2D eigenvalue weighted by molar-refractivity contribution is 6.30. The van der Waals surface area contributed by atoms with Crippen molar-refractivity contribution in [3.8, 4) is 0 Å². The van der Waals surface area contributed by atoms with Crippen molar-refractivity contribution in [3.05, 3.63) is 34.6 Å². The van der Waals surface area contributed by atoms with Gasteiger partial charge in [-0.3, -0.25) is 0 Å². The van der Waals surface area contributed by atoms with Gasteiger partial charge in [0.25, 0.3) is 0 Å². The molecule has 0 saturated heterocycles. The molecule has 1 N–H and O–H groups in total. The highest BCUT2D eigenvalue weighted by Crippen LogP contribution is 2.34. The second-order valence-corrected chi connectivity index (χ2v) is 5.62. The van der Waals surface area contributed by atoms with Gasteiger partial charge in [0, 0.05) is 0 Å². The quantitative estimate of drug-likeness (QED) is 0.850. The highest BCUT2D eigenvalue weighted by atomic mass is 35.5. The second-order valence-electron chi connectivity index (χ2n) is 5.21. The summed E-state index contributed by atoms with van der Waals surface area (Å²) in [4.78, 5) is 0. The van der Waals surface area contributed by atoms with Gasteiger partial charge in [-0.05, 0) is 61.9 Å². The third-order valence-corrected chi connectivity index (χ3v) is 4.26. The van der Waals surface area contributed by atoms with Crippen LogP contribution in [0.2, 0.25) is 5.02 Å². The van der Waals surface area contributed by atoms with Crippen molar-refractivity contribution in [2.24, 2.45) is 11.8 Å². The molecule has 1 aliphatic carbocycles. The number of benzene rings is 1. The lowest BCUT2D eigenvalue weighted by molar-refractivity contribution is 0.368. The van der Waals surface area contributed by atoms with Crippen molar-refractivity contribution in [1.29, 1.82) is 0 Å². The SMILES string of the molecule is CCNCC1CCCC1Cc1ccc(Cl)c(F)c1. The minimum absolute atomic E-state index is 0.217. The maximum Gasteiger partial charge on any atom is 0.142 e. The van der Waals surface area contributed by atoms with Gasteiger partial charge in [0.2, 0.25) is 0 Å². The molecule has 0 amide bonds. The Balaban J connectivity index is 1.96. The van der Waals surface area contributed by atoms with Crippen molar-refractivity contribution in [2.75, 3.05) is 13.1 Å². The summed E-state index contributed by atoms with van der Waals surface area (Å²) in [6.07, 6.45) is 4.84. The molecule has 2 unspecified atom stereocenters. The molecule has 1 aliphatic rings. The Hall–Kier alpha value is -0.600. The summed E-state index contributed by atoms with van der Waals surface area (Å²) >= 11 is 5.71. The van der Waals surface area contributed by atoms with E-state index in [0.717, 1.165) is 31.0 Å². The Morgan fingerprint density at radius 2 is 2.11 bits per heavy atom. The van der Waals surface area contributed by atoms with Gasteiger partial charge in [-0.1, -0.05) is 31.0 Å². The van der Waals surface area contributed by atoms with E-state index in [1.807, 2.05) is 6.07 Å². The minimum Gasteiger partial charge on any atom is -0.317 e. The van der Waals surface area contributed by atoms with E-state index in [4.69, 9.17) is 11.6 Å². The average Bonchev–Trinajstić information content (AvgIpc) is 2.79. The Labute approximate surface area is 114 Å². The second kappa shape index (κ2) is 6.53. The molecule has 1 aromatic carbocycles. The molecule has 3 heteroatoms. The van der Waals surface area contributed by atoms with E-state index in [1.165, 1.54) is 19.3 Å². The molecule has 0 radical (unpaired) electrons. The summed E-state index contributed by atoms with van der Waals surface area (Å²) in [5, 5.41) is 3.65. The number of rotatable bonds is 5. The molecule has 1 fully saturated rings. The molecule has 0 bridgehead atoms. The van der Waals surface area contributed by atoms with Gasteiger partial charge >= 0.3 is 0 Å². The lowest BCUT2D eigenvalue weighted by Gasteiger charge is -2.20. The summed E-state index contributed by atoms with van der Waals surface area (Å²) in [6, 6.07) is 5.21. The van der Waals surface area contributed by atoms with Gasteiger partial charge in [0.1, 0.15) is 5.82 Å². The van der Waals surface area contributed by atoms with Crippen LogP contribution in [0.5, 0.6) is 0 Å². The Morgan fingerprint density at radius 3 is 2.83 bits per heavy atom. The van der Waals surface area contributed by atoms with Gasteiger partial charge in [-0.25, -0.2) is 4.39 Å². The van der Waals surface area contributed by atoms with E-state index in [-0.39, 0.29) is 10.8 Å². The Morgan fingerprint density at radius 1 is 1.33 bits per heavy atom. The first-order chi connectivity index (χ1) is 8.70. The monoisotopic (exact) mass is 269 g/mol. The van der Waals surface area contributed by atoms with Crippen LogP contribution in [0.1, 0.15) is 31.7 Å². The average molecular weight is 270 g/mol. The first-order valence-corrected chi connectivity index (χ1v) is 7.23. The fourth-order valence-electron chi connectivity index (χ4n) is 2.95. The summed E-state index contributed by atoms with van der Waals surface area (Å²) in [7, 11) is 0. The van der Waals surface area contributed by atoms with Gasteiger partial charge in [-0.2, -0.15) is 0 Å². The standard InChI is InChI=1S/C15H21ClFN/c1-2-18-10-13-5-3-4-12(13)8-11-6-7-14(16)15(17)9-11/h6-7,9,12-13,18H,2-5,8,10H2,1H3. The maximum absolute atomic E-state index is 13.4. The summed E-state index contributed by atoms with van der Waals surface area (Å²) < 4.78 is 13.4. The van der Waals surface area contributed by atoms with E-state index >= 15 is 0 Å². The first kappa shape index (κ1) is 13.8. The topological polar surface area (TPSA) is 12.0 Å². The van der Waals surface area contributed by atoms with Crippen LogP contribution >= 0.6 is 11.6 Å². The molecule has 1 nitrogen and oxygen atoms in total. The molecular weight excluding hydrogens is 249 g/mol. The maximum atomic E-state index is 13.4. The van der Waals surface area contributed by atoms with Crippen molar-refractivity contribution >= 4 is 11.6 Å². The largest absolute Gasteiger partial charge is 0.317 e. The molecule has 100 valence electrons. The van der Waals surface area contributed by atoms with Crippen molar-refractivity contribution in [3.63, 3.8) is 0 Å². The lowest BCUT2D eigenvalue weighted by atomic mass is 9.89. The predicted octanol–water partition coefficient (Wildman–Crippen LogP) is 4.05. The zero-order valence-electron chi connectivity index (χ0n) is 10.9. The zero-order chi connectivity index (χ0) is 13.0. The molecule has 0 aromatic heterocycles. The Kier molecular flexibility index (Phi) is 5.02. The molecule has 1 saturated carbocycles. The van der Waals surface area contributed by atoms with E-state index in [9.17, 15) is 4.39 Å². The Bertz CT molecular complexity index is 394. The molecule has 2 rings (SSSR count). The number of hydrogen-bond donors (Lipinski definition) is 1. The fraction of sp³-hybridized carbons (Fsp3) is 0.600. The number of hydrogen-bond acceptors (Lipinski definition) is 1. The van der Waals surface area contributed by atoms with Crippen LogP contribution in [0.15, 0.2) is 18.2 Å². The summed E-state index contributed by atoms with van der Waals surface area (Å²) in [5.74, 6) is 1.13. The van der Waals surface area contributed by atoms with Crippen LogP contribution in [-0.2, 0) is 6.42 Å². The smallest absolute Gasteiger partial charge is 0.142 e. The molecule has 0 heterocycles. The lowest BCUT2D eigenvalue weighted by Crippen LogP contribution is -2.25. The van der Waals surface area contributed by atoms with Crippen LogP contribution < -0.4 is 5.32 Å². The van der Waals surface area contributed by atoms with Crippen LogP contribution in [0.25, 0.3) is 0 Å². The molecule has 1 aromatic rings. The molecule has 0 aliphatic heterocycles. The molecule has 0 spiro atoms. The van der Waals surface area contributed by atoms with Gasteiger partial charge in [0.15, 0.2) is 0 Å². The summed E-state index contributed by atoms with van der Waals surface area (Å²) in [5.41, 5.74) is 1.07. The third-order valence-electron chi connectivity index (χ3n) is 3.95. The zero-order valence-corrected chi connectivity index (χ0v) is 11.6. The van der Waals surface area contributed by atoms with Crippen LogP contribution in [0.4, 0.5) is 4.39 Å². The van der Waals surface area contributed by atoms with Crippen LogP contribution in [0, 0.1) is 17.7 Å². The van der Waals surface area contributed by atoms with Crippen molar-refractivity contribution in [2.45, 2.75) is 32.6 Å². The van der Waals surface area contributed by atoms with Crippen molar-refractivity contribution in [1.82, 2.24) is 5.32 Å². The van der Waals surface area contributed by atoms with Crippen molar-refractivity contribution < 1.29 is 4.39 Å². The molecule has 2 atom stereocenters. The minimum atomic E-state index is -0.296. The predicted molar refractivity (Wildman–Crippen MR) is 74.5 cm³/mol. The van der Waals surface area contributed by atoms with E-state index in [0.29, 0.717) is 5.92 Å². The number of nitrogens with one attached hydrogen (secondary N) is 1. The summed E-state index contributed by atoms with van der Waals surface area (Å²) in [6.45, 7) is 4.26. The molecule has 18 heavy (non-hydrogen) atoms. The van der Waals surface area contributed by atoms with Crippen LogP contribution in [-0.4, -0.2) is 13.1 Å². The third kappa shape index (κ3) is 3.46. The fourth-order valence-corrected chi connectivity index (χ4v) is 3.07. The highest BCUT2D eigenvalue weighted by Gasteiger charge is 2.26. The van der Waals surface area contributed by atoms with E-state index in [2.05, 4.69) is 12.2 Å². The van der Waals surface area contributed by atoms with Gasteiger partial charge < -0.3 is 5.32 Å². The van der Waals surface area contributed by atoms with E-state index in [1.54, 1.807) is 12.1 Å².